The van der Waals surface area contributed by atoms with Crippen molar-refractivity contribution in [3.05, 3.63) is 30.3 Å². The van der Waals surface area contributed by atoms with Crippen LogP contribution >= 0.6 is 0 Å². The largest absolute Gasteiger partial charge is 0.354 e. The molecular formula is C13H16N4O3. The van der Waals surface area contributed by atoms with E-state index in [1.54, 1.807) is 29.2 Å². The second kappa shape index (κ2) is 6.67. The maximum atomic E-state index is 11.7. The summed E-state index contributed by atoms with van der Waals surface area (Å²) in [5, 5.41) is 7.45. The zero-order chi connectivity index (χ0) is 14.4. The Kier molecular flexibility index (Phi) is 4.67. The first-order chi connectivity index (χ1) is 9.63. The van der Waals surface area contributed by atoms with Crippen LogP contribution in [-0.4, -0.2) is 48.9 Å². The molecule has 1 fully saturated rings. The predicted molar refractivity (Wildman–Crippen MR) is 73.1 cm³/mol. The van der Waals surface area contributed by atoms with Gasteiger partial charge in [0, 0.05) is 18.8 Å². The lowest BCUT2D eigenvalue weighted by Crippen LogP contribution is -2.51. The number of amides is 4. The first kappa shape index (κ1) is 14.0. The number of nitrogens with one attached hydrogen (secondary N) is 3. The fraction of sp³-hybridized carbons (Fsp3) is 0.308. The third kappa shape index (κ3) is 4.36. The van der Waals surface area contributed by atoms with Crippen LogP contribution in [0.3, 0.4) is 0 Å². The third-order valence-electron chi connectivity index (χ3n) is 2.77. The molecule has 0 spiro atoms. The number of piperazine rings is 1. The summed E-state index contributed by atoms with van der Waals surface area (Å²) >= 11 is 0. The van der Waals surface area contributed by atoms with E-state index in [1.165, 1.54) is 0 Å². The number of benzene rings is 1. The van der Waals surface area contributed by atoms with Gasteiger partial charge in [-0.15, -0.1) is 0 Å². The second-order valence-corrected chi connectivity index (χ2v) is 4.43. The van der Waals surface area contributed by atoms with Crippen LogP contribution in [0.1, 0.15) is 0 Å². The quantitative estimate of drug-likeness (QED) is 0.711. The van der Waals surface area contributed by atoms with Gasteiger partial charge in [0.15, 0.2) is 0 Å². The normalized spacial score (nSPS) is 15.3. The Bertz CT molecular complexity index is 504. The zero-order valence-electron chi connectivity index (χ0n) is 10.9. The molecule has 1 aromatic carbocycles. The summed E-state index contributed by atoms with van der Waals surface area (Å²) in [7, 11) is 0. The van der Waals surface area contributed by atoms with Crippen molar-refractivity contribution < 1.29 is 14.4 Å². The van der Waals surface area contributed by atoms with E-state index < -0.39 is 11.9 Å². The van der Waals surface area contributed by atoms with E-state index in [9.17, 15) is 14.4 Å². The zero-order valence-corrected chi connectivity index (χ0v) is 10.9. The Morgan fingerprint density at radius 1 is 1.25 bits per heavy atom. The molecule has 106 valence electrons. The van der Waals surface area contributed by atoms with Gasteiger partial charge in [0.1, 0.15) is 0 Å². The number of carbonyl (C=O) groups is 3. The maximum absolute atomic E-state index is 11.7. The fourth-order valence-corrected chi connectivity index (χ4v) is 1.88. The molecule has 1 aliphatic rings. The number of hydrogen-bond donors (Lipinski definition) is 3. The van der Waals surface area contributed by atoms with Crippen LogP contribution in [0.5, 0.6) is 0 Å². The summed E-state index contributed by atoms with van der Waals surface area (Å²) in [5.41, 5.74) is 0.607. The molecule has 7 nitrogen and oxygen atoms in total. The highest BCUT2D eigenvalue weighted by atomic mass is 16.2. The Morgan fingerprint density at radius 2 is 2.00 bits per heavy atom. The number of urea groups is 1. The summed E-state index contributed by atoms with van der Waals surface area (Å²) in [4.78, 5) is 36.1. The van der Waals surface area contributed by atoms with Gasteiger partial charge in [-0.2, -0.15) is 0 Å². The van der Waals surface area contributed by atoms with Crippen LogP contribution < -0.4 is 16.0 Å². The van der Waals surface area contributed by atoms with Gasteiger partial charge in [0.25, 0.3) is 0 Å². The van der Waals surface area contributed by atoms with E-state index in [4.69, 9.17) is 0 Å². The number of para-hydroxylation sites is 1. The molecule has 0 aromatic heterocycles. The average molecular weight is 276 g/mol. The molecule has 4 amide bonds. The van der Waals surface area contributed by atoms with Gasteiger partial charge in [0.2, 0.25) is 11.8 Å². The number of hydrogen-bond acceptors (Lipinski definition) is 4. The van der Waals surface area contributed by atoms with Gasteiger partial charge in [-0.1, -0.05) is 18.2 Å². The number of nitrogens with zero attached hydrogens (tertiary/aromatic N) is 1. The summed E-state index contributed by atoms with van der Waals surface area (Å²) < 4.78 is 0. The van der Waals surface area contributed by atoms with Gasteiger partial charge in [0.05, 0.1) is 13.1 Å². The van der Waals surface area contributed by atoms with Crippen LogP contribution in [0.4, 0.5) is 10.5 Å². The number of carbonyl (C=O) groups excluding carboxylic acids is 3. The van der Waals surface area contributed by atoms with Crippen LogP contribution in [0.2, 0.25) is 0 Å². The monoisotopic (exact) mass is 276 g/mol. The molecule has 3 N–H and O–H groups in total. The lowest BCUT2D eigenvalue weighted by molar-refractivity contribution is -0.126. The van der Waals surface area contributed by atoms with Crippen molar-refractivity contribution in [3.63, 3.8) is 0 Å². The topological polar surface area (TPSA) is 90.5 Å². The summed E-state index contributed by atoms with van der Waals surface area (Å²) in [6.07, 6.45) is 0. The minimum absolute atomic E-state index is 0.0234. The van der Waals surface area contributed by atoms with Crippen molar-refractivity contribution in [3.8, 4) is 0 Å². The molecular weight excluding hydrogens is 260 g/mol. The summed E-state index contributed by atoms with van der Waals surface area (Å²) in [6, 6.07) is 8.25. The summed E-state index contributed by atoms with van der Waals surface area (Å²) in [5.74, 6) is -0.550. The molecule has 0 bridgehead atoms. The van der Waals surface area contributed by atoms with E-state index in [0.29, 0.717) is 18.8 Å². The molecule has 1 heterocycles. The average Bonchev–Trinajstić information content (AvgIpc) is 2.39. The van der Waals surface area contributed by atoms with Gasteiger partial charge in [-0.3, -0.25) is 19.8 Å². The number of anilines is 1. The maximum Gasteiger partial charge on any atom is 0.325 e. The van der Waals surface area contributed by atoms with E-state index in [2.05, 4.69) is 16.0 Å². The first-order valence-electron chi connectivity index (χ1n) is 6.28. The SMILES string of the molecule is O=C1CN(CC(=O)NC(=O)Nc2ccccc2)CCN1. The molecule has 0 saturated carbocycles. The molecule has 20 heavy (non-hydrogen) atoms. The lowest BCUT2D eigenvalue weighted by Gasteiger charge is -2.25. The van der Waals surface area contributed by atoms with Crippen molar-refractivity contribution >= 4 is 23.5 Å². The molecule has 1 saturated heterocycles. The molecule has 1 aliphatic heterocycles. The highest BCUT2D eigenvalue weighted by Crippen LogP contribution is 2.04. The Hall–Kier alpha value is -2.41. The standard InChI is InChI=1S/C13H16N4O3/c18-11-8-17(7-6-14-11)9-12(19)16-13(20)15-10-4-2-1-3-5-10/h1-5H,6-9H2,(H,14,18)(H2,15,16,19,20). The van der Waals surface area contributed by atoms with Crippen LogP contribution in [0.25, 0.3) is 0 Å². The van der Waals surface area contributed by atoms with E-state index >= 15 is 0 Å². The van der Waals surface area contributed by atoms with Crippen LogP contribution in [0.15, 0.2) is 30.3 Å². The van der Waals surface area contributed by atoms with Crippen molar-refractivity contribution in [1.29, 1.82) is 0 Å². The fourth-order valence-electron chi connectivity index (χ4n) is 1.88. The first-order valence-corrected chi connectivity index (χ1v) is 6.28. The minimum Gasteiger partial charge on any atom is -0.354 e. The minimum atomic E-state index is -0.581. The highest BCUT2D eigenvalue weighted by Gasteiger charge is 2.19. The van der Waals surface area contributed by atoms with Crippen molar-refractivity contribution in [2.45, 2.75) is 0 Å². The van der Waals surface area contributed by atoms with Gasteiger partial charge in [-0.25, -0.2) is 4.79 Å². The highest BCUT2D eigenvalue weighted by molar-refractivity contribution is 6.01. The second-order valence-electron chi connectivity index (χ2n) is 4.43. The van der Waals surface area contributed by atoms with E-state index in [-0.39, 0.29) is 19.0 Å². The molecule has 2 rings (SSSR count). The van der Waals surface area contributed by atoms with Gasteiger partial charge < -0.3 is 10.6 Å². The third-order valence-corrected chi connectivity index (χ3v) is 2.77. The Morgan fingerprint density at radius 3 is 2.70 bits per heavy atom. The van der Waals surface area contributed by atoms with Crippen molar-refractivity contribution in [1.82, 2.24) is 15.5 Å². The van der Waals surface area contributed by atoms with Crippen molar-refractivity contribution in [2.75, 3.05) is 31.5 Å². The molecule has 7 heteroatoms. The van der Waals surface area contributed by atoms with Crippen molar-refractivity contribution in [2.24, 2.45) is 0 Å². The van der Waals surface area contributed by atoms with E-state index in [0.717, 1.165) is 0 Å². The molecule has 0 unspecified atom stereocenters. The molecule has 0 atom stereocenters. The Balaban J connectivity index is 1.76. The summed E-state index contributed by atoms with van der Waals surface area (Å²) in [6.45, 7) is 1.31. The number of imide groups is 1. The molecule has 1 aromatic rings. The van der Waals surface area contributed by atoms with Gasteiger partial charge in [-0.05, 0) is 12.1 Å². The predicted octanol–water partition coefficient (Wildman–Crippen LogP) is -0.234. The smallest absolute Gasteiger partial charge is 0.325 e. The number of rotatable bonds is 3. The molecule has 0 aliphatic carbocycles. The lowest BCUT2D eigenvalue weighted by atomic mass is 10.3. The van der Waals surface area contributed by atoms with Crippen LogP contribution in [0, 0.1) is 0 Å². The Labute approximate surface area is 116 Å². The molecule has 0 radical (unpaired) electrons. The van der Waals surface area contributed by atoms with E-state index in [1.807, 2.05) is 6.07 Å². The van der Waals surface area contributed by atoms with Gasteiger partial charge >= 0.3 is 6.03 Å². The van der Waals surface area contributed by atoms with Crippen LogP contribution in [-0.2, 0) is 9.59 Å².